The van der Waals surface area contributed by atoms with Crippen LogP contribution in [0, 0.1) is 0 Å². The molecular formula is C14H17N4O3+. The van der Waals surface area contributed by atoms with E-state index in [1.807, 2.05) is 19.9 Å². The molecule has 0 bridgehead atoms. The third kappa shape index (κ3) is 2.47. The summed E-state index contributed by atoms with van der Waals surface area (Å²) in [7, 11) is 0. The third-order valence-electron chi connectivity index (χ3n) is 3.52. The normalized spacial score (nSPS) is 17.1. The Bertz CT molecular complexity index is 680. The van der Waals surface area contributed by atoms with Crippen molar-refractivity contribution in [2.24, 2.45) is 0 Å². The molecule has 0 spiro atoms. The van der Waals surface area contributed by atoms with E-state index in [-0.39, 0.29) is 18.3 Å². The van der Waals surface area contributed by atoms with Gasteiger partial charge in [-0.05, 0) is 19.9 Å². The van der Waals surface area contributed by atoms with E-state index >= 15 is 0 Å². The van der Waals surface area contributed by atoms with Gasteiger partial charge in [-0.15, -0.1) is 0 Å². The number of hydrogen-bond donors (Lipinski definition) is 1. The van der Waals surface area contributed by atoms with Crippen LogP contribution in [-0.2, 0) is 4.74 Å². The van der Waals surface area contributed by atoms with Crippen LogP contribution in [0.25, 0.3) is 11.3 Å². The smallest absolute Gasteiger partial charge is 0.331 e. The first kappa shape index (κ1) is 13.6. The van der Waals surface area contributed by atoms with Gasteiger partial charge in [-0.25, -0.2) is 9.78 Å². The van der Waals surface area contributed by atoms with Crippen LogP contribution < -0.4 is 4.73 Å². The highest BCUT2D eigenvalue weighted by Gasteiger charge is 2.37. The number of carbonyl (C=O) groups is 1. The van der Waals surface area contributed by atoms with Crippen molar-refractivity contribution in [1.29, 1.82) is 0 Å². The first-order chi connectivity index (χ1) is 9.97. The molecule has 0 atom stereocenters. The summed E-state index contributed by atoms with van der Waals surface area (Å²) in [6.07, 6.45) is 6.16. The van der Waals surface area contributed by atoms with E-state index in [2.05, 4.69) is 4.98 Å². The second-order valence-corrected chi connectivity index (χ2v) is 5.64. The molecule has 1 N–H and O–H groups in total. The van der Waals surface area contributed by atoms with Gasteiger partial charge < -0.3 is 4.74 Å². The molecule has 1 aliphatic heterocycles. The molecular weight excluding hydrogens is 272 g/mol. The van der Waals surface area contributed by atoms with E-state index in [4.69, 9.17) is 4.74 Å². The van der Waals surface area contributed by atoms with Gasteiger partial charge in [-0.1, -0.05) is 0 Å². The van der Waals surface area contributed by atoms with Gasteiger partial charge in [0.2, 0.25) is 12.4 Å². The number of pyridine rings is 1. The van der Waals surface area contributed by atoms with E-state index in [0.29, 0.717) is 12.3 Å². The van der Waals surface area contributed by atoms with Crippen LogP contribution in [0.15, 0.2) is 37.1 Å². The minimum Gasteiger partial charge on any atom is -0.359 e. The number of rotatable bonds is 1. The van der Waals surface area contributed by atoms with Crippen molar-refractivity contribution in [2.45, 2.75) is 19.4 Å². The van der Waals surface area contributed by atoms with Gasteiger partial charge in [0, 0.05) is 17.0 Å². The van der Waals surface area contributed by atoms with E-state index in [1.54, 1.807) is 17.2 Å². The summed E-state index contributed by atoms with van der Waals surface area (Å²) in [4.78, 5) is 18.4. The van der Waals surface area contributed by atoms with Crippen LogP contribution in [0.2, 0.25) is 0 Å². The summed E-state index contributed by atoms with van der Waals surface area (Å²) in [5, 5.41) is 9.42. The summed E-state index contributed by atoms with van der Waals surface area (Å²) in [6.45, 7) is 4.72. The molecule has 2 aromatic heterocycles. The number of imidazole rings is 1. The molecule has 1 saturated heterocycles. The summed E-state index contributed by atoms with van der Waals surface area (Å²) in [5.41, 5.74) is 1.01. The standard InChI is InChI=1S/C14H17N4O3/c1-14(2)8-21-10-18(14)13(19)16-7-12(15-9-16)11-4-3-5-17(20)6-11/h3-7,9,20H,8,10H2,1-2H3/q+1. The lowest BCUT2D eigenvalue weighted by Gasteiger charge is -2.28. The topological polar surface area (TPSA) is 71.5 Å². The maximum atomic E-state index is 12.5. The first-order valence-corrected chi connectivity index (χ1v) is 6.62. The van der Waals surface area contributed by atoms with Crippen LogP contribution in [0.5, 0.6) is 0 Å². The lowest BCUT2D eigenvalue weighted by atomic mass is 10.1. The summed E-state index contributed by atoms with van der Waals surface area (Å²) >= 11 is 0. The second-order valence-electron chi connectivity index (χ2n) is 5.64. The summed E-state index contributed by atoms with van der Waals surface area (Å²) < 4.78 is 7.74. The van der Waals surface area contributed by atoms with Crippen molar-refractivity contribution in [3.8, 4) is 11.3 Å². The lowest BCUT2D eigenvalue weighted by molar-refractivity contribution is -0.904. The van der Waals surface area contributed by atoms with Crippen molar-refractivity contribution >= 4 is 6.03 Å². The van der Waals surface area contributed by atoms with Crippen LogP contribution in [0.3, 0.4) is 0 Å². The molecule has 3 rings (SSSR count). The zero-order valence-corrected chi connectivity index (χ0v) is 11.9. The monoisotopic (exact) mass is 289 g/mol. The minimum atomic E-state index is -0.331. The van der Waals surface area contributed by atoms with Crippen LogP contribution in [0.4, 0.5) is 4.79 Å². The fraction of sp³-hybridized carbons (Fsp3) is 0.357. The number of hydrogen-bond acceptors (Lipinski definition) is 4. The zero-order chi connectivity index (χ0) is 15.0. The largest absolute Gasteiger partial charge is 0.359 e. The van der Waals surface area contributed by atoms with Crippen LogP contribution in [-0.4, -0.2) is 44.6 Å². The fourth-order valence-electron chi connectivity index (χ4n) is 2.28. The van der Waals surface area contributed by atoms with Gasteiger partial charge in [-0.3, -0.25) is 14.7 Å². The molecule has 1 fully saturated rings. The molecule has 110 valence electrons. The van der Waals surface area contributed by atoms with Crippen LogP contribution >= 0.6 is 0 Å². The van der Waals surface area contributed by atoms with E-state index in [0.717, 1.165) is 10.3 Å². The maximum absolute atomic E-state index is 12.5. The highest BCUT2D eigenvalue weighted by atomic mass is 16.5. The van der Waals surface area contributed by atoms with Gasteiger partial charge in [0.25, 0.3) is 0 Å². The Labute approximate surface area is 122 Å². The third-order valence-corrected chi connectivity index (χ3v) is 3.52. The van der Waals surface area contributed by atoms with Gasteiger partial charge in [0.1, 0.15) is 13.1 Å². The molecule has 7 nitrogen and oxygen atoms in total. The molecule has 0 aromatic carbocycles. The molecule has 0 unspecified atom stereocenters. The summed E-state index contributed by atoms with van der Waals surface area (Å²) in [5.74, 6) is 0. The molecule has 7 heteroatoms. The molecule has 1 aliphatic rings. The first-order valence-electron chi connectivity index (χ1n) is 6.62. The van der Waals surface area contributed by atoms with Crippen LogP contribution in [0.1, 0.15) is 13.8 Å². The molecule has 0 aliphatic carbocycles. The summed E-state index contributed by atoms with van der Waals surface area (Å²) in [6, 6.07) is 3.34. The Morgan fingerprint density at radius 3 is 3.00 bits per heavy atom. The average molecular weight is 289 g/mol. The molecule has 21 heavy (non-hydrogen) atoms. The molecule has 1 amide bonds. The van der Waals surface area contributed by atoms with Crippen molar-refractivity contribution in [2.75, 3.05) is 13.3 Å². The number of aromatic nitrogens is 3. The van der Waals surface area contributed by atoms with Gasteiger partial charge in [-0.2, -0.15) is 0 Å². The number of carbonyl (C=O) groups excluding carboxylic acids is 1. The molecule has 0 saturated carbocycles. The molecule has 2 aromatic rings. The highest BCUT2D eigenvalue weighted by molar-refractivity contribution is 5.78. The van der Waals surface area contributed by atoms with E-state index < -0.39 is 0 Å². The van der Waals surface area contributed by atoms with Gasteiger partial charge in [0.05, 0.1) is 23.4 Å². The number of nitrogens with zero attached hydrogens (tertiary/aromatic N) is 4. The Morgan fingerprint density at radius 1 is 1.52 bits per heavy atom. The van der Waals surface area contributed by atoms with E-state index in [1.165, 1.54) is 23.3 Å². The maximum Gasteiger partial charge on any atom is 0.331 e. The van der Waals surface area contributed by atoms with Gasteiger partial charge in [0.15, 0.2) is 0 Å². The van der Waals surface area contributed by atoms with Crippen molar-refractivity contribution < 1.29 is 19.5 Å². The quantitative estimate of drug-likeness (QED) is 0.630. The van der Waals surface area contributed by atoms with Crippen molar-refractivity contribution in [1.82, 2.24) is 14.5 Å². The van der Waals surface area contributed by atoms with Crippen molar-refractivity contribution in [3.05, 3.63) is 37.1 Å². The fourth-order valence-corrected chi connectivity index (χ4v) is 2.28. The highest BCUT2D eigenvalue weighted by Crippen LogP contribution is 2.23. The second kappa shape index (κ2) is 4.85. The van der Waals surface area contributed by atoms with E-state index in [9.17, 15) is 10.0 Å². The predicted molar refractivity (Wildman–Crippen MR) is 72.6 cm³/mol. The lowest BCUT2D eigenvalue weighted by Crippen LogP contribution is -2.45. The van der Waals surface area contributed by atoms with Gasteiger partial charge >= 0.3 is 6.03 Å². The average Bonchev–Trinajstić information content (AvgIpc) is 3.04. The molecule has 0 radical (unpaired) electrons. The molecule has 3 heterocycles. The Balaban J connectivity index is 1.87. The number of ether oxygens (including phenoxy) is 1. The SMILES string of the molecule is CC1(C)COCN1C(=O)n1cnc(-c2ccc[n+](O)c2)c1. The Hall–Kier alpha value is -2.41. The number of amides is 1. The van der Waals surface area contributed by atoms with Crippen molar-refractivity contribution in [3.63, 3.8) is 0 Å². The Kier molecular flexibility index (Phi) is 3.13. The Morgan fingerprint density at radius 2 is 2.33 bits per heavy atom. The predicted octanol–water partition coefficient (Wildman–Crippen LogP) is 1.11. The minimum absolute atomic E-state index is 0.177. The zero-order valence-electron chi connectivity index (χ0n) is 11.9.